The van der Waals surface area contributed by atoms with Crippen molar-refractivity contribution in [2.45, 2.75) is 39.5 Å². The fraction of sp³-hybridized carbons (Fsp3) is 0.412. The number of rotatable bonds is 6. The predicted octanol–water partition coefficient (Wildman–Crippen LogP) is 1.99. The molecule has 0 bridgehead atoms. The zero-order valence-corrected chi connectivity index (χ0v) is 16.9. The summed E-state index contributed by atoms with van der Waals surface area (Å²) in [6.45, 7) is 7.78. The monoisotopic (exact) mass is 418 g/mol. The summed E-state index contributed by atoms with van der Waals surface area (Å²) < 4.78 is 12.3. The molecule has 1 aromatic carbocycles. The Morgan fingerprint density at radius 3 is 2.57 bits per heavy atom. The number of hydrogen-bond acceptors (Lipinski definition) is 4. The highest BCUT2D eigenvalue weighted by Gasteiger charge is 2.14. The maximum absolute atomic E-state index is 5.92. The summed E-state index contributed by atoms with van der Waals surface area (Å²) in [5.74, 6) is 1.49. The molecule has 0 amide bonds. The quantitative estimate of drug-likeness (QED) is 0.777. The van der Waals surface area contributed by atoms with Crippen LogP contribution in [-0.2, 0) is 13.2 Å². The topological polar surface area (TPSA) is 30.5 Å². The van der Waals surface area contributed by atoms with E-state index in [4.69, 9.17) is 9.47 Å². The first-order chi connectivity index (χ1) is 10.4. The lowest BCUT2D eigenvalue weighted by atomic mass is 10.1. The normalized spacial score (nSPS) is 11.0. The number of halogens is 2. The summed E-state index contributed by atoms with van der Waals surface area (Å²) in [6.07, 6.45) is 0. The van der Waals surface area contributed by atoms with E-state index in [0.717, 1.165) is 28.1 Å². The van der Waals surface area contributed by atoms with E-state index in [1.165, 1.54) is 4.88 Å². The van der Waals surface area contributed by atoms with Gasteiger partial charge in [-0.3, -0.25) is 0 Å². The number of hydrogen-bond donors (Lipinski definition) is 1. The van der Waals surface area contributed by atoms with Gasteiger partial charge in [0.1, 0.15) is 6.61 Å². The van der Waals surface area contributed by atoms with Crippen molar-refractivity contribution in [3.05, 3.63) is 44.6 Å². The third kappa shape index (κ3) is 6.34. The highest BCUT2D eigenvalue weighted by atomic mass is 79.9. The van der Waals surface area contributed by atoms with E-state index in [9.17, 15) is 0 Å². The molecule has 0 aliphatic rings. The van der Waals surface area contributed by atoms with Crippen molar-refractivity contribution in [2.75, 3.05) is 7.11 Å². The zero-order valence-electron chi connectivity index (χ0n) is 13.8. The Morgan fingerprint density at radius 1 is 1.26 bits per heavy atom. The Morgan fingerprint density at radius 2 is 2.00 bits per heavy atom. The van der Waals surface area contributed by atoms with Gasteiger partial charge in [0.25, 0.3) is 0 Å². The first-order valence-electron chi connectivity index (χ1n) is 7.15. The minimum absolute atomic E-state index is 0. The highest BCUT2D eigenvalue weighted by Crippen LogP contribution is 2.37. The lowest BCUT2D eigenvalue weighted by Crippen LogP contribution is -3.00. The number of thiophene rings is 1. The molecule has 0 saturated heterocycles. The van der Waals surface area contributed by atoms with Crippen molar-refractivity contribution in [3.8, 4) is 11.5 Å². The second kappa shape index (κ2) is 8.92. The largest absolute Gasteiger partial charge is 1.00 e. The molecule has 0 atom stereocenters. The van der Waals surface area contributed by atoms with Crippen molar-refractivity contribution in [1.82, 2.24) is 5.32 Å². The average molecular weight is 420 g/mol. The van der Waals surface area contributed by atoms with Gasteiger partial charge in [-0.2, -0.15) is 0 Å². The summed E-state index contributed by atoms with van der Waals surface area (Å²) >= 11 is 5.28. The van der Waals surface area contributed by atoms with Crippen LogP contribution in [-0.4, -0.2) is 12.6 Å². The van der Waals surface area contributed by atoms with Gasteiger partial charge in [0.15, 0.2) is 11.5 Å². The van der Waals surface area contributed by atoms with Crippen LogP contribution in [0, 0.1) is 0 Å². The van der Waals surface area contributed by atoms with E-state index in [-0.39, 0.29) is 17.9 Å². The maximum Gasteiger partial charge on any atom is 0.175 e. The summed E-state index contributed by atoms with van der Waals surface area (Å²) in [4.78, 5) is 1.19. The number of ether oxygens (including phenoxy) is 2. The lowest BCUT2D eigenvalue weighted by molar-refractivity contribution is -0.00000563. The van der Waals surface area contributed by atoms with E-state index in [1.54, 1.807) is 18.4 Å². The van der Waals surface area contributed by atoms with Crippen molar-refractivity contribution in [3.63, 3.8) is 0 Å². The Balaban J connectivity index is 0.00000264. The molecule has 2 rings (SSSR count). The number of benzene rings is 1. The van der Waals surface area contributed by atoms with Crippen LogP contribution in [0.2, 0.25) is 0 Å². The Bertz CT molecular complexity index is 612. The molecule has 0 spiro atoms. The van der Waals surface area contributed by atoms with Gasteiger partial charge in [0.05, 0.1) is 11.6 Å². The summed E-state index contributed by atoms with van der Waals surface area (Å²) in [5, 5.41) is 5.52. The number of nitrogens with one attached hydrogen (secondary N) is 1. The first kappa shape index (κ1) is 20.3. The van der Waals surface area contributed by atoms with Gasteiger partial charge in [0.2, 0.25) is 0 Å². The fourth-order valence-electron chi connectivity index (χ4n) is 1.92. The molecule has 2 aromatic rings. The minimum Gasteiger partial charge on any atom is -1.00 e. The van der Waals surface area contributed by atoms with Crippen LogP contribution < -0.4 is 27.2 Å². The molecule has 1 heterocycles. The third-order valence-electron chi connectivity index (χ3n) is 3.05. The third-order valence-corrected chi connectivity index (χ3v) is 4.49. The van der Waals surface area contributed by atoms with Gasteiger partial charge in [-0.15, -0.1) is 11.3 Å². The molecule has 1 aromatic heterocycles. The zero-order chi connectivity index (χ0) is 16.2. The van der Waals surface area contributed by atoms with Crippen molar-refractivity contribution < 1.29 is 21.9 Å². The summed E-state index contributed by atoms with van der Waals surface area (Å²) in [7, 11) is 1.67. The van der Waals surface area contributed by atoms with E-state index < -0.39 is 0 Å². The second-order valence-corrected chi connectivity index (χ2v) is 7.97. The Hall–Kier alpha value is -0.750. The molecular formula is C17H22BrClNO2S-. The highest BCUT2D eigenvalue weighted by molar-refractivity contribution is 9.10. The van der Waals surface area contributed by atoms with Crippen molar-refractivity contribution in [2.24, 2.45) is 0 Å². The van der Waals surface area contributed by atoms with Crippen LogP contribution in [0.25, 0.3) is 0 Å². The van der Waals surface area contributed by atoms with Gasteiger partial charge in [0, 0.05) is 17.0 Å². The fourth-order valence-corrected chi connectivity index (χ4v) is 3.14. The molecule has 6 heteroatoms. The van der Waals surface area contributed by atoms with E-state index >= 15 is 0 Å². The second-order valence-electron chi connectivity index (χ2n) is 6.08. The number of methoxy groups -OCH3 is 1. The first-order valence-corrected chi connectivity index (χ1v) is 8.83. The minimum atomic E-state index is 0. The van der Waals surface area contributed by atoms with E-state index in [0.29, 0.717) is 6.61 Å². The molecule has 1 N–H and O–H groups in total. The average Bonchev–Trinajstić information content (AvgIpc) is 2.95. The molecule has 0 fully saturated rings. The van der Waals surface area contributed by atoms with E-state index in [1.807, 2.05) is 17.5 Å². The molecule has 0 saturated carbocycles. The van der Waals surface area contributed by atoms with Crippen molar-refractivity contribution >= 4 is 27.3 Å². The van der Waals surface area contributed by atoms with Crippen LogP contribution in [0.5, 0.6) is 11.5 Å². The van der Waals surface area contributed by atoms with Gasteiger partial charge in [-0.1, -0.05) is 6.07 Å². The maximum atomic E-state index is 5.92. The molecule has 0 radical (unpaired) electrons. The van der Waals surface area contributed by atoms with Crippen LogP contribution >= 0.6 is 27.3 Å². The van der Waals surface area contributed by atoms with Crippen molar-refractivity contribution in [1.29, 1.82) is 0 Å². The molecule has 23 heavy (non-hydrogen) atoms. The molecule has 3 nitrogen and oxygen atoms in total. The Labute approximate surface area is 156 Å². The standard InChI is InChI=1S/C17H22BrNO2S.ClH/c1-17(2,3)19-10-12-8-14(18)16(15(9-12)20-4)21-11-13-6-5-7-22-13;/h5-9,19H,10-11H2,1-4H3;1H/p-1. The summed E-state index contributed by atoms with van der Waals surface area (Å²) in [6, 6.07) is 8.18. The van der Waals surface area contributed by atoms with Gasteiger partial charge in [-0.25, -0.2) is 0 Å². The van der Waals surface area contributed by atoms with Crippen LogP contribution in [0.15, 0.2) is 34.1 Å². The SMILES string of the molecule is COc1cc(CNC(C)(C)C)cc(Br)c1OCc1cccs1.[Cl-]. The molecule has 0 unspecified atom stereocenters. The van der Waals surface area contributed by atoms with Gasteiger partial charge in [-0.05, 0) is 65.8 Å². The Kier molecular flexibility index (Phi) is 7.87. The van der Waals surface area contributed by atoms with Crippen LogP contribution in [0.3, 0.4) is 0 Å². The molecular weight excluding hydrogens is 398 g/mol. The van der Waals surface area contributed by atoms with E-state index in [2.05, 4.69) is 54.2 Å². The summed E-state index contributed by atoms with van der Waals surface area (Å²) in [5.41, 5.74) is 1.23. The smallest absolute Gasteiger partial charge is 0.175 e. The van der Waals surface area contributed by atoms with Gasteiger partial charge >= 0.3 is 0 Å². The van der Waals surface area contributed by atoms with Crippen LogP contribution in [0.4, 0.5) is 0 Å². The predicted molar refractivity (Wildman–Crippen MR) is 95.9 cm³/mol. The lowest BCUT2D eigenvalue weighted by Gasteiger charge is -2.21. The molecule has 128 valence electrons. The van der Waals surface area contributed by atoms with Gasteiger partial charge < -0.3 is 27.2 Å². The molecule has 0 aliphatic heterocycles. The van der Waals surface area contributed by atoms with Crippen LogP contribution in [0.1, 0.15) is 31.2 Å². The molecule has 0 aliphatic carbocycles.